The maximum absolute atomic E-state index is 8.52. The van der Waals surface area contributed by atoms with Gasteiger partial charge in [-0.25, -0.2) is 0 Å². The second-order valence-corrected chi connectivity index (χ2v) is 1.56. The molecule has 0 rings (SSSR count). The van der Waals surface area contributed by atoms with Gasteiger partial charge in [0.05, 0.1) is 0 Å². The average Bonchev–Trinajstić information content (AvgIpc) is 1.25. The van der Waals surface area contributed by atoms with Crippen LogP contribution in [-0.4, -0.2) is 45.5 Å². The number of hydrogen-bond acceptors (Lipinski definition) is 6. The zero-order valence-electron chi connectivity index (χ0n) is 4.29. The van der Waals surface area contributed by atoms with E-state index in [1.54, 1.807) is 0 Å². The first kappa shape index (κ1) is 22.9. The second kappa shape index (κ2) is 17.5. The van der Waals surface area contributed by atoms with Crippen LogP contribution < -0.4 is 16.8 Å². The van der Waals surface area contributed by atoms with Crippen LogP contribution in [0.2, 0.25) is 0 Å². The van der Waals surface area contributed by atoms with Crippen molar-refractivity contribution < 1.29 is 70.5 Å². The van der Waals surface area contributed by atoms with Gasteiger partial charge in [0.25, 0.3) is 0 Å². The van der Waals surface area contributed by atoms with E-state index >= 15 is 0 Å². The van der Waals surface area contributed by atoms with Gasteiger partial charge >= 0.3 is 116 Å². The van der Waals surface area contributed by atoms with Crippen molar-refractivity contribution in [1.82, 2.24) is 0 Å². The topological polar surface area (TPSA) is 126 Å². The Morgan fingerprint density at radius 1 is 0.800 bits per heavy atom. The summed E-state index contributed by atoms with van der Waals surface area (Å²) >= 11 is -7.29. The van der Waals surface area contributed by atoms with E-state index in [4.69, 9.17) is 24.4 Å². The molecule has 0 bridgehead atoms. The predicted molar refractivity (Wildman–Crippen MR) is 7.13 cm³/mol. The fraction of sp³-hybridized carbons (Fsp3) is 0. The van der Waals surface area contributed by atoms with Gasteiger partial charge < -0.3 is 0 Å². The van der Waals surface area contributed by atoms with Crippen molar-refractivity contribution in [3.05, 3.63) is 0 Å². The van der Waals surface area contributed by atoms with Crippen LogP contribution >= 0.6 is 0 Å². The van der Waals surface area contributed by atoms with Gasteiger partial charge in [-0.2, -0.15) is 0 Å². The van der Waals surface area contributed by atoms with Gasteiger partial charge in [-0.1, -0.05) is 0 Å². The van der Waals surface area contributed by atoms with E-state index in [2.05, 4.69) is 0 Å². The molecule has 0 fully saturated rings. The molecule has 0 heterocycles. The van der Waals surface area contributed by atoms with E-state index in [1.807, 2.05) is 0 Å². The summed E-state index contributed by atoms with van der Waals surface area (Å²) in [7, 11) is 0. The Labute approximate surface area is 114 Å². The van der Waals surface area contributed by atoms with Gasteiger partial charge in [0.15, 0.2) is 0 Å². The SMILES string of the molecule is [Mn+2].[O]=[Mn]([O-])[O-].[O]=[Mn]([O-])[O-].[Sr+2]. The van der Waals surface area contributed by atoms with Crippen molar-refractivity contribution in [1.29, 1.82) is 0 Å². The molecule has 1 radical (unpaired) electrons. The van der Waals surface area contributed by atoms with E-state index in [9.17, 15) is 0 Å². The van der Waals surface area contributed by atoms with Crippen LogP contribution in [0.1, 0.15) is 0 Å². The Hall–Kier alpha value is 2.48. The molecule has 0 aliphatic carbocycles. The molecule has 0 saturated carbocycles. The smallest absolute Gasteiger partial charge is 2.00 e. The quantitative estimate of drug-likeness (QED) is 0.402. The molecule has 0 unspecified atom stereocenters. The number of rotatable bonds is 0. The van der Waals surface area contributed by atoms with Crippen molar-refractivity contribution in [3.63, 3.8) is 0 Å². The monoisotopic (exact) mass is 349 g/mol. The van der Waals surface area contributed by atoms with Gasteiger partial charge in [0.1, 0.15) is 0 Å². The summed E-state index contributed by atoms with van der Waals surface area (Å²) in [4.78, 5) is 0. The summed E-state index contributed by atoms with van der Waals surface area (Å²) in [5.41, 5.74) is 0. The molecule has 59 valence electrons. The normalized spacial score (nSPS) is 7.00. The van der Waals surface area contributed by atoms with Crippen LogP contribution in [0.3, 0.4) is 0 Å². The Morgan fingerprint density at radius 2 is 0.800 bits per heavy atom. The standard InChI is InChI=1S/3Mn.6O.Sr/q;;+2;;;4*-1;+2. The molecule has 0 N–H and O–H groups in total. The zero-order valence-corrected chi connectivity index (χ0v) is 11.3. The largest absolute Gasteiger partial charge is 2.00 e. The van der Waals surface area contributed by atoms with Crippen LogP contribution in [0.15, 0.2) is 0 Å². The summed E-state index contributed by atoms with van der Waals surface area (Å²) in [6.45, 7) is 0. The molecule has 0 aliphatic heterocycles. The second-order valence-electron chi connectivity index (χ2n) is 0.378. The van der Waals surface area contributed by atoms with Crippen molar-refractivity contribution in [2.75, 3.05) is 0 Å². The van der Waals surface area contributed by atoms with Gasteiger partial charge in [0.2, 0.25) is 0 Å². The zero-order chi connectivity index (χ0) is 7.15. The molecular weight excluding hydrogens is 348 g/mol. The molecule has 0 saturated heterocycles. The summed E-state index contributed by atoms with van der Waals surface area (Å²) in [5.74, 6) is 0. The first-order valence-corrected chi connectivity index (χ1v) is 3.82. The van der Waals surface area contributed by atoms with Crippen molar-refractivity contribution in [2.45, 2.75) is 0 Å². The first-order chi connectivity index (χ1) is 3.46. The van der Waals surface area contributed by atoms with Crippen LogP contribution in [-0.2, 0) is 53.7 Å². The van der Waals surface area contributed by atoms with E-state index in [1.165, 1.54) is 0 Å². The van der Waals surface area contributed by atoms with Gasteiger partial charge in [-0.05, 0) is 0 Å². The van der Waals surface area contributed by atoms with E-state index in [0.717, 1.165) is 0 Å². The minimum atomic E-state index is -3.65. The fourth-order valence-corrected chi connectivity index (χ4v) is 0. The molecule has 10 heteroatoms. The molecule has 0 aliphatic rings. The fourth-order valence-electron chi connectivity index (χ4n) is 0. The number of hydrogen-bond donors (Lipinski definition) is 0. The average molecular weight is 348 g/mol. The summed E-state index contributed by atoms with van der Waals surface area (Å²) in [5, 5.41) is 0. The van der Waals surface area contributed by atoms with Gasteiger partial charge in [-0.15, -0.1) is 0 Å². The molecule has 0 spiro atoms. The van der Waals surface area contributed by atoms with Crippen molar-refractivity contribution in [2.24, 2.45) is 0 Å². The Balaban J connectivity index is -0.0000000300. The van der Waals surface area contributed by atoms with Crippen LogP contribution in [0, 0.1) is 0 Å². The minimum Gasteiger partial charge on any atom is 2.00 e. The molecule has 0 aromatic carbocycles. The van der Waals surface area contributed by atoms with Crippen LogP contribution in [0.25, 0.3) is 0 Å². The third-order valence-electron chi connectivity index (χ3n) is 0. The molecule has 0 aromatic heterocycles. The van der Waals surface area contributed by atoms with E-state index in [-0.39, 0.29) is 62.6 Å². The van der Waals surface area contributed by atoms with E-state index < -0.39 is 29.0 Å². The molecule has 0 aromatic rings. The predicted octanol–water partition coefficient (Wildman–Crippen LogP) is -5.38. The Kier molecular flexibility index (Phi) is 40.1. The first-order valence-electron chi connectivity index (χ1n) is 0.926. The summed E-state index contributed by atoms with van der Waals surface area (Å²) < 4.78 is 51.1. The Morgan fingerprint density at radius 3 is 0.800 bits per heavy atom. The van der Waals surface area contributed by atoms with Gasteiger partial charge in [0, 0.05) is 0 Å². The third kappa shape index (κ3) is 153. The van der Waals surface area contributed by atoms with Crippen LogP contribution in [0.5, 0.6) is 0 Å². The van der Waals surface area contributed by atoms with Crippen molar-refractivity contribution in [3.8, 4) is 0 Å². The molecule has 0 amide bonds. The summed E-state index contributed by atoms with van der Waals surface area (Å²) in [6.07, 6.45) is 0. The van der Waals surface area contributed by atoms with Gasteiger partial charge in [-0.3, -0.25) is 0 Å². The molecule has 0 atom stereocenters. The minimum absolute atomic E-state index is 0. The maximum atomic E-state index is 8.52. The third-order valence-corrected chi connectivity index (χ3v) is 0. The summed E-state index contributed by atoms with van der Waals surface area (Å²) in [6, 6.07) is 0. The van der Waals surface area contributed by atoms with Crippen LogP contribution in [0.4, 0.5) is 0 Å². The maximum Gasteiger partial charge on any atom is 2.00 e. The molecular formula is Mn3O6Sr. The van der Waals surface area contributed by atoms with Crippen molar-refractivity contribution >= 4 is 45.5 Å². The van der Waals surface area contributed by atoms with E-state index in [0.29, 0.717) is 0 Å². The molecule has 6 nitrogen and oxygen atoms in total. The molecule has 10 heavy (non-hydrogen) atoms. The Bertz CT molecular complexity index is 71.0.